The number of fused-ring (bicyclic) bond motifs is 1. The van der Waals surface area contributed by atoms with E-state index in [2.05, 4.69) is 40.3 Å². The molecule has 0 atom stereocenters. The highest BCUT2D eigenvalue weighted by molar-refractivity contribution is 9.10. The fourth-order valence-corrected chi connectivity index (χ4v) is 3.47. The summed E-state index contributed by atoms with van der Waals surface area (Å²) in [6, 6.07) is 8.16. The average molecular weight is 350 g/mol. The van der Waals surface area contributed by atoms with Crippen molar-refractivity contribution in [3.63, 3.8) is 0 Å². The van der Waals surface area contributed by atoms with Crippen LogP contribution in [0.4, 0.5) is 5.82 Å². The normalized spacial score (nSPS) is 13.3. The summed E-state index contributed by atoms with van der Waals surface area (Å²) in [4.78, 5) is 9.47. The Hall–Kier alpha value is -1.07. The van der Waals surface area contributed by atoms with Gasteiger partial charge in [0.2, 0.25) is 0 Å². The Morgan fingerprint density at radius 1 is 1.20 bits per heavy atom. The first kappa shape index (κ1) is 13.9. The van der Waals surface area contributed by atoms with Gasteiger partial charge in [-0.15, -0.1) is 0 Å². The van der Waals surface area contributed by atoms with Crippen LogP contribution in [0.5, 0.6) is 0 Å². The number of benzene rings is 1. The van der Waals surface area contributed by atoms with Gasteiger partial charge in [0.1, 0.15) is 5.82 Å². The lowest BCUT2D eigenvalue weighted by atomic mass is 10.2. The zero-order valence-corrected chi connectivity index (χ0v) is 13.7. The van der Waals surface area contributed by atoms with Gasteiger partial charge in [-0.2, -0.15) is 11.8 Å². The first-order valence-corrected chi connectivity index (χ1v) is 8.70. The number of aromatic nitrogens is 2. The quantitative estimate of drug-likeness (QED) is 0.883. The van der Waals surface area contributed by atoms with Crippen LogP contribution in [0.3, 0.4) is 0 Å². The van der Waals surface area contributed by atoms with Gasteiger partial charge in [-0.05, 0) is 18.6 Å². The number of nitrogens with one attached hydrogen (secondary N) is 1. The second-order valence-corrected chi connectivity index (χ2v) is 6.65. The molecular formula is C15H16BrN3S. The molecule has 0 saturated heterocycles. The van der Waals surface area contributed by atoms with Crippen molar-refractivity contribution in [3.8, 4) is 11.4 Å². The van der Waals surface area contributed by atoms with Gasteiger partial charge in [0.15, 0.2) is 5.82 Å². The lowest BCUT2D eigenvalue weighted by Crippen LogP contribution is -2.08. The van der Waals surface area contributed by atoms with Crippen molar-refractivity contribution >= 4 is 33.5 Å². The molecule has 104 valence electrons. The Labute approximate surface area is 131 Å². The van der Waals surface area contributed by atoms with Crippen LogP contribution < -0.4 is 5.32 Å². The van der Waals surface area contributed by atoms with Gasteiger partial charge in [-0.3, -0.25) is 0 Å². The average Bonchev–Trinajstić information content (AvgIpc) is 2.94. The molecule has 0 radical (unpaired) electrons. The van der Waals surface area contributed by atoms with E-state index in [4.69, 9.17) is 9.97 Å². The Balaban J connectivity index is 2.01. The SMILES string of the molecule is CCCNc1nc(-c2ccc(Br)cc2)nc2c1CSC2. The van der Waals surface area contributed by atoms with Gasteiger partial charge in [0.25, 0.3) is 0 Å². The summed E-state index contributed by atoms with van der Waals surface area (Å²) in [6.07, 6.45) is 1.10. The van der Waals surface area contributed by atoms with E-state index in [0.717, 1.165) is 46.1 Å². The predicted molar refractivity (Wildman–Crippen MR) is 88.9 cm³/mol. The molecule has 0 spiro atoms. The molecule has 0 saturated carbocycles. The topological polar surface area (TPSA) is 37.8 Å². The van der Waals surface area contributed by atoms with Gasteiger partial charge in [-0.1, -0.05) is 35.0 Å². The van der Waals surface area contributed by atoms with E-state index in [1.165, 1.54) is 11.3 Å². The molecule has 0 amide bonds. The molecule has 0 unspecified atom stereocenters. The summed E-state index contributed by atoms with van der Waals surface area (Å²) in [7, 11) is 0. The molecule has 5 heteroatoms. The van der Waals surface area contributed by atoms with Crippen molar-refractivity contribution in [1.29, 1.82) is 0 Å². The molecule has 0 aliphatic carbocycles. The van der Waals surface area contributed by atoms with Crippen LogP contribution >= 0.6 is 27.7 Å². The molecule has 2 aromatic rings. The van der Waals surface area contributed by atoms with E-state index in [0.29, 0.717) is 0 Å². The minimum atomic E-state index is 0.817. The number of halogens is 1. The van der Waals surface area contributed by atoms with Crippen molar-refractivity contribution in [3.05, 3.63) is 40.0 Å². The fraction of sp³-hybridized carbons (Fsp3) is 0.333. The maximum atomic E-state index is 4.73. The molecule has 0 bridgehead atoms. The second kappa shape index (κ2) is 6.14. The van der Waals surface area contributed by atoms with Gasteiger partial charge < -0.3 is 5.32 Å². The smallest absolute Gasteiger partial charge is 0.161 e. The lowest BCUT2D eigenvalue weighted by molar-refractivity contribution is 0.955. The van der Waals surface area contributed by atoms with Gasteiger partial charge in [-0.25, -0.2) is 9.97 Å². The van der Waals surface area contributed by atoms with Crippen LogP contribution in [0, 0.1) is 0 Å². The Bertz CT molecular complexity index is 613. The summed E-state index contributed by atoms with van der Waals surface area (Å²) < 4.78 is 1.07. The maximum Gasteiger partial charge on any atom is 0.161 e. The van der Waals surface area contributed by atoms with Gasteiger partial charge in [0.05, 0.1) is 5.69 Å². The Kier molecular flexibility index (Phi) is 4.27. The molecule has 0 fully saturated rings. The molecule has 1 aliphatic heterocycles. The van der Waals surface area contributed by atoms with Crippen LogP contribution in [0.1, 0.15) is 24.6 Å². The van der Waals surface area contributed by atoms with E-state index in [1.54, 1.807) is 0 Å². The summed E-state index contributed by atoms with van der Waals surface area (Å²) in [5, 5.41) is 3.44. The van der Waals surface area contributed by atoms with E-state index in [-0.39, 0.29) is 0 Å². The molecule has 1 N–H and O–H groups in total. The molecule has 3 rings (SSSR count). The lowest BCUT2D eigenvalue weighted by Gasteiger charge is -2.11. The summed E-state index contributed by atoms with van der Waals surface area (Å²) in [6.45, 7) is 3.12. The Morgan fingerprint density at radius 2 is 2.00 bits per heavy atom. The zero-order valence-electron chi connectivity index (χ0n) is 11.3. The number of rotatable bonds is 4. The first-order chi connectivity index (χ1) is 9.78. The minimum absolute atomic E-state index is 0.817. The fourth-order valence-electron chi connectivity index (χ4n) is 2.17. The summed E-state index contributed by atoms with van der Waals surface area (Å²) >= 11 is 5.37. The molecule has 20 heavy (non-hydrogen) atoms. The van der Waals surface area contributed by atoms with Crippen LogP contribution in [0.2, 0.25) is 0 Å². The largest absolute Gasteiger partial charge is 0.370 e. The monoisotopic (exact) mass is 349 g/mol. The third-order valence-electron chi connectivity index (χ3n) is 3.22. The van der Waals surface area contributed by atoms with Crippen LogP contribution in [0.15, 0.2) is 28.7 Å². The molecular weight excluding hydrogens is 334 g/mol. The molecule has 2 heterocycles. The van der Waals surface area contributed by atoms with Crippen molar-refractivity contribution in [2.75, 3.05) is 11.9 Å². The van der Waals surface area contributed by atoms with Crippen molar-refractivity contribution in [1.82, 2.24) is 9.97 Å². The van der Waals surface area contributed by atoms with Crippen molar-refractivity contribution in [2.45, 2.75) is 24.9 Å². The van der Waals surface area contributed by atoms with Gasteiger partial charge >= 0.3 is 0 Å². The number of nitrogens with zero attached hydrogens (tertiary/aromatic N) is 2. The molecule has 1 aromatic carbocycles. The van der Waals surface area contributed by atoms with Crippen LogP contribution in [0.25, 0.3) is 11.4 Å². The van der Waals surface area contributed by atoms with Crippen LogP contribution in [-0.4, -0.2) is 16.5 Å². The number of thioether (sulfide) groups is 1. The highest BCUT2D eigenvalue weighted by atomic mass is 79.9. The second-order valence-electron chi connectivity index (χ2n) is 4.75. The van der Waals surface area contributed by atoms with E-state index >= 15 is 0 Å². The van der Waals surface area contributed by atoms with Gasteiger partial charge in [0, 0.05) is 33.7 Å². The zero-order chi connectivity index (χ0) is 13.9. The van der Waals surface area contributed by atoms with Crippen LogP contribution in [-0.2, 0) is 11.5 Å². The van der Waals surface area contributed by atoms with E-state index < -0.39 is 0 Å². The standard InChI is InChI=1S/C15H16BrN3S/c1-2-7-17-15-12-8-20-9-13(12)18-14(19-15)10-3-5-11(16)6-4-10/h3-6H,2,7-9H2,1H3,(H,17,18,19). The molecule has 1 aromatic heterocycles. The number of hydrogen-bond acceptors (Lipinski definition) is 4. The number of hydrogen-bond donors (Lipinski definition) is 1. The highest BCUT2D eigenvalue weighted by Gasteiger charge is 2.20. The maximum absolute atomic E-state index is 4.73. The van der Waals surface area contributed by atoms with Crippen molar-refractivity contribution < 1.29 is 0 Å². The number of anilines is 1. The third kappa shape index (κ3) is 2.83. The predicted octanol–water partition coefficient (Wildman–Crippen LogP) is 4.47. The summed E-state index contributed by atoms with van der Waals surface area (Å²) in [5.41, 5.74) is 3.53. The van der Waals surface area contributed by atoms with E-state index in [1.807, 2.05) is 23.9 Å². The molecule has 1 aliphatic rings. The van der Waals surface area contributed by atoms with Crippen molar-refractivity contribution in [2.24, 2.45) is 0 Å². The minimum Gasteiger partial charge on any atom is -0.370 e. The Morgan fingerprint density at radius 3 is 2.75 bits per heavy atom. The first-order valence-electron chi connectivity index (χ1n) is 6.75. The summed E-state index contributed by atoms with van der Waals surface area (Å²) in [5.74, 6) is 3.83. The third-order valence-corrected chi connectivity index (χ3v) is 4.72. The molecule has 3 nitrogen and oxygen atoms in total. The highest BCUT2D eigenvalue weighted by Crippen LogP contribution is 2.34. The van der Waals surface area contributed by atoms with E-state index in [9.17, 15) is 0 Å².